The van der Waals surface area contributed by atoms with Crippen LogP contribution in [-0.4, -0.2) is 96.7 Å². The molecule has 17 nitrogen and oxygen atoms in total. The molecule has 0 rings (SSSR count). The van der Waals surface area contributed by atoms with Gasteiger partial charge in [-0.3, -0.25) is 37.3 Å². The number of aliphatic hydroxyl groups excluding tert-OH is 1. The van der Waals surface area contributed by atoms with E-state index in [2.05, 4.69) is 27.7 Å². The fourth-order valence-electron chi connectivity index (χ4n) is 12.3. The average molecular weight is 1440 g/mol. The minimum absolute atomic E-state index is 0.109. The van der Waals surface area contributed by atoms with Crippen LogP contribution >= 0.6 is 15.6 Å². The Morgan fingerprint density at radius 3 is 0.602 bits per heavy atom. The molecule has 0 aromatic rings. The zero-order valence-corrected chi connectivity index (χ0v) is 65.6. The van der Waals surface area contributed by atoms with Crippen LogP contribution < -0.4 is 0 Å². The van der Waals surface area contributed by atoms with Crippen LogP contribution in [0.15, 0.2) is 0 Å². The third-order valence-corrected chi connectivity index (χ3v) is 20.5. The Kier molecular flexibility index (Phi) is 71.9. The molecule has 98 heavy (non-hydrogen) atoms. The molecular weight excluding hydrogens is 1280 g/mol. The van der Waals surface area contributed by atoms with Gasteiger partial charge in [0.1, 0.15) is 19.3 Å². The monoisotopic (exact) mass is 1440 g/mol. The molecule has 0 saturated heterocycles. The predicted octanol–water partition coefficient (Wildman–Crippen LogP) is 23.8. The van der Waals surface area contributed by atoms with Crippen LogP contribution in [0.5, 0.6) is 0 Å². The van der Waals surface area contributed by atoms with Crippen molar-refractivity contribution in [2.75, 3.05) is 39.6 Å². The zero-order valence-electron chi connectivity index (χ0n) is 63.8. The molecule has 0 aliphatic rings. The van der Waals surface area contributed by atoms with Gasteiger partial charge in [0.25, 0.3) is 0 Å². The number of esters is 4. The summed E-state index contributed by atoms with van der Waals surface area (Å²) >= 11 is 0. The van der Waals surface area contributed by atoms with E-state index in [1.165, 1.54) is 257 Å². The number of hydrogen-bond donors (Lipinski definition) is 3. The topological polar surface area (TPSA) is 237 Å². The highest BCUT2D eigenvalue weighted by Gasteiger charge is 2.30. The van der Waals surface area contributed by atoms with Crippen molar-refractivity contribution in [2.24, 2.45) is 0 Å². The fourth-order valence-corrected chi connectivity index (χ4v) is 13.9. The van der Waals surface area contributed by atoms with Crippen LogP contribution in [0.25, 0.3) is 0 Å². The first-order valence-electron chi connectivity index (χ1n) is 41.3. The Morgan fingerprint density at radius 1 is 0.245 bits per heavy atom. The van der Waals surface area contributed by atoms with Crippen molar-refractivity contribution in [3.05, 3.63) is 0 Å². The van der Waals surface area contributed by atoms with Gasteiger partial charge in [-0.15, -0.1) is 0 Å². The first-order valence-corrected chi connectivity index (χ1v) is 44.3. The minimum Gasteiger partial charge on any atom is -0.462 e. The standard InChI is InChI=1S/C79H154O17P2/c1-5-9-13-17-21-25-29-33-36-40-43-47-51-55-59-63-76(81)89-69-74(95-78(83)65-61-57-53-49-45-39-32-28-24-20-16-12-8-4)71-93-97(85,86)91-67-73(80)68-92-98(87,88)94-72-75(96-79(84)66-62-58-54-50-46-42-38-35-31-27-23-19-15-11-7-3)70-90-77(82)64-60-56-52-48-44-41-37-34-30-26-22-18-14-10-6-2/h73-75,80H,5-72H2,1-4H3,(H,85,86)(H,87,88)/t73-,74-,75-/m1/s1. The van der Waals surface area contributed by atoms with Gasteiger partial charge in [-0.25, -0.2) is 9.13 Å². The Hall–Kier alpha value is -1.94. The normalized spacial score (nSPS) is 13.8. The van der Waals surface area contributed by atoms with Gasteiger partial charge >= 0.3 is 39.5 Å². The lowest BCUT2D eigenvalue weighted by Gasteiger charge is -2.21. The first-order chi connectivity index (χ1) is 47.7. The second kappa shape index (κ2) is 73.4. The summed E-state index contributed by atoms with van der Waals surface area (Å²) in [6.07, 6.45) is 64.9. The molecule has 0 aromatic carbocycles. The lowest BCUT2D eigenvalue weighted by Crippen LogP contribution is -2.30. The van der Waals surface area contributed by atoms with Crippen molar-refractivity contribution >= 4 is 39.5 Å². The second-order valence-electron chi connectivity index (χ2n) is 28.5. The number of ether oxygens (including phenoxy) is 4. The van der Waals surface area contributed by atoms with Crippen molar-refractivity contribution in [3.8, 4) is 0 Å². The number of rotatable bonds is 80. The highest BCUT2D eigenvalue weighted by atomic mass is 31.2. The summed E-state index contributed by atoms with van der Waals surface area (Å²) in [7, 11) is -9.91. The largest absolute Gasteiger partial charge is 0.472 e. The maximum absolute atomic E-state index is 13.1. The Balaban J connectivity index is 5.26. The quantitative estimate of drug-likeness (QED) is 0.0222. The first kappa shape index (κ1) is 96.1. The molecule has 3 N–H and O–H groups in total. The van der Waals surface area contributed by atoms with Crippen LogP contribution in [0.3, 0.4) is 0 Å². The molecule has 0 aliphatic heterocycles. The average Bonchev–Trinajstić information content (AvgIpc) is 0.959. The molecular formula is C79H154O17P2. The van der Waals surface area contributed by atoms with Crippen LogP contribution in [0.1, 0.15) is 426 Å². The van der Waals surface area contributed by atoms with E-state index in [1.54, 1.807) is 0 Å². The van der Waals surface area contributed by atoms with E-state index in [9.17, 15) is 43.2 Å². The maximum atomic E-state index is 13.1. The van der Waals surface area contributed by atoms with Crippen LogP contribution in [0, 0.1) is 0 Å². The number of phosphoric acid groups is 2. The highest BCUT2D eigenvalue weighted by molar-refractivity contribution is 7.47. The number of carbonyl (C=O) groups is 4. The van der Waals surface area contributed by atoms with E-state index in [0.717, 1.165) is 89.9 Å². The third-order valence-electron chi connectivity index (χ3n) is 18.6. The fraction of sp³-hybridized carbons (Fsp3) is 0.949. The molecule has 0 spiro atoms. The predicted molar refractivity (Wildman–Crippen MR) is 400 cm³/mol. The maximum Gasteiger partial charge on any atom is 0.472 e. The number of phosphoric ester groups is 2. The van der Waals surface area contributed by atoms with E-state index in [-0.39, 0.29) is 25.7 Å². The van der Waals surface area contributed by atoms with Crippen LogP contribution in [-0.2, 0) is 65.4 Å². The number of hydrogen-bond acceptors (Lipinski definition) is 15. The minimum atomic E-state index is -4.96. The molecule has 19 heteroatoms. The number of carbonyl (C=O) groups excluding carboxylic acids is 4. The molecule has 0 heterocycles. The summed E-state index contributed by atoms with van der Waals surface area (Å²) in [6, 6.07) is 0. The summed E-state index contributed by atoms with van der Waals surface area (Å²) in [4.78, 5) is 73.0. The number of unbranched alkanes of at least 4 members (excludes halogenated alkanes) is 54. The summed E-state index contributed by atoms with van der Waals surface area (Å²) in [5, 5.41) is 10.6. The molecule has 582 valence electrons. The molecule has 0 bridgehead atoms. The molecule has 2 unspecified atom stereocenters. The molecule has 0 aromatic heterocycles. The van der Waals surface area contributed by atoms with Crippen LogP contribution in [0.2, 0.25) is 0 Å². The van der Waals surface area contributed by atoms with Crippen molar-refractivity contribution in [1.82, 2.24) is 0 Å². The van der Waals surface area contributed by atoms with Crippen molar-refractivity contribution < 1.29 is 80.2 Å². The summed E-state index contributed by atoms with van der Waals surface area (Å²) in [6.45, 7) is 5.03. The molecule has 0 radical (unpaired) electrons. The van der Waals surface area contributed by atoms with E-state index >= 15 is 0 Å². The lowest BCUT2D eigenvalue weighted by molar-refractivity contribution is -0.161. The third kappa shape index (κ3) is 72.4. The highest BCUT2D eigenvalue weighted by Crippen LogP contribution is 2.45. The molecule has 0 aliphatic carbocycles. The molecule has 5 atom stereocenters. The number of aliphatic hydroxyl groups is 1. The van der Waals surface area contributed by atoms with E-state index in [0.29, 0.717) is 25.7 Å². The van der Waals surface area contributed by atoms with Gasteiger partial charge in [0.05, 0.1) is 26.4 Å². The van der Waals surface area contributed by atoms with Crippen LogP contribution in [0.4, 0.5) is 0 Å². The smallest absolute Gasteiger partial charge is 0.462 e. The summed E-state index contributed by atoms with van der Waals surface area (Å²) < 4.78 is 68.7. The Labute approximate surface area is 600 Å². The van der Waals surface area contributed by atoms with E-state index < -0.39 is 97.5 Å². The second-order valence-corrected chi connectivity index (χ2v) is 31.4. The van der Waals surface area contributed by atoms with Gasteiger partial charge in [-0.2, -0.15) is 0 Å². The van der Waals surface area contributed by atoms with Crippen molar-refractivity contribution in [2.45, 2.75) is 444 Å². The van der Waals surface area contributed by atoms with E-state index in [1.807, 2.05) is 0 Å². The van der Waals surface area contributed by atoms with Crippen molar-refractivity contribution in [1.29, 1.82) is 0 Å². The lowest BCUT2D eigenvalue weighted by atomic mass is 10.0. The summed E-state index contributed by atoms with van der Waals surface area (Å²) in [5.41, 5.74) is 0. The zero-order chi connectivity index (χ0) is 71.8. The summed E-state index contributed by atoms with van der Waals surface area (Å²) in [5.74, 6) is -2.10. The van der Waals surface area contributed by atoms with E-state index in [4.69, 9.17) is 37.0 Å². The van der Waals surface area contributed by atoms with Gasteiger partial charge in [0.2, 0.25) is 0 Å². The van der Waals surface area contributed by atoms with Crippen molar-refractivity contribution in [3.63, 3.8) is 0 Å². The van der Waals surface area contributed by atoms with Gasteiger partial charge in [-0.1, -0.05) is 374 Å². The van der Waals surface area contributed by atoms with Gasteiger partial charge in [0, 0.05) is 25.7 Å². The van der Waals surface area contributed by atoms with Gasteiger partial charge in [0.15, 0.2) is 12.2 Å². The molecule has 0 amide bonds. The molecule has 0 saturated carbocycles. The SMILES string of the molecule is CCCCCCCCCCCCCCCCCC(=O)OC[C@H](COP(=O)(O)OC[C@@H](O)COP(=O)(O)OC[C@@H](COC(=O)CCCCCCCCCCCCCCCCC)OC(=O)CCCCCCCCCCCCCCCCC)OC(=O)CCCCCCCCCCCCCCC. The Morgan fingerprint density at radius 2 is 0.408 bits per heavy atom. The van der Waals surface area contributed by atoms with Gasteiger partial charge in [-0.05, 0) is 25.7 Å². The van der Waals surface area contributed by atoms with Gasteiger partial charge < -0.3 is 33.8 Å². The molecule has 0 fully saturated rings. The Bertz CT molecular complexity index is 1860.